The molecule has 1 aliphatic rings. The van der Waals surface area contributed by atoms with Gasteiger partial charge in [-0.1, -0.05) is 28.8 Å². The van der Waals surface area contributed by atoms with Gasteiger partial charge >= 0.3 is 0 Å². The predicted molar refractivity (Wildman–Crippen MR) is 79.4 cm³/mol. The first-order chi connectivity index (χ1) is 9.11. The molecule has 1 aromatic carbocycles. The Morgan fingerprint density at radius 2 is 2.11 bits per heavy atom. The van der Waals surface area contributed by atoms with Gasteiger partial charge in [0.1, 0.15) is 11.5 Å². The zero-order valence-electron chi connectivity index (χ0n) is 11.2. The van der Waals surface area contributed by atoms with Gasteiger partial charge in [-0.05, 0) is 36.6 Å². The second-order valence-electron chi connectivity index (χ2n) is 5.25. The quantitative estimate of drug-likeness (QED) is 0.905. The molecule has 0 aliphatic heterocycles. The van der Waals surface area contributed by atoms with Crippen molar-refractivity contribution in [2.45, 2.75) is 32.1 Å². The summed E-state index contributed by atoms with van der Waals surface area (Å²) in [5, 5.41) is 0. The van der Waals surface area contributed by atoms with Crippen LogP contribution in [0.5, 0.6) is 5.75 Å². The van der Waals surface area contributed by atoms with Crippen LogP contribution in [0.25, 0.3) is 0 Å². The predicted octanol–water partition coefficient (Wildman–Crippen LogP) is 3.09. The number of carbonyl (C=O) groups excluding carboxylic acids is 1. The number of Topliss-reactive ketones (excluding diaryl/α,β-unsaturated/α-hetero) is 1. The molecule has 1 aliphatic carbocycles. The molecule has 1 saturated carbocycles. The zero-order chi connectivity index (χ0) is 13.9. The minimum atomic E-state index is -0.289. The van der Waals surface area contributed by atoms with Gasteiger partial charge in [-0.25, -0.2) is 0 Å². The first kappa shape index (κ1) is 14.5. The zero-order valence-corrected chi connectivity index (χ0v) is 12.8. The highest BCUT2D eigenvalue weighted by molar-refractivity contribution is 9.10. The number of nitrogens with two attached hydrogens (primary N) is 1. The van der Waals surface area contributed by atoms with E-state index in [1.54, 1.807) is 7.11 Å². The van der Waals surface area contributed by atoms with E-state index in [1.165, 1.54) is 0 Å². The molecule has 0 unspecified atom stereocenters. The molecule has 0 heterocycles. The van der Waals surface area contributed by atoms with E-state index in [9.17, 15) is 4.79 Å². The molecule has 104 valence electrons. The van der Waals surface area contributed by atoms with Gasteiger partial charge in [0.05, 0.1) is 7.11 Å². The van der Waals surface area contributed by atoms with Gasteiger partial charge in [-0.2, -0.15) is 0 Å². The minimum absolute atomic E-state index is 0.265. The first-order valence-corrected chi connectivity index (χ1v) is 7.46. The molecule has 19 heavy (non-hydrogen) atoms. The van der Waals surface area contributed by atoms with Crippen molar-refractivity contribution < 1.29 is 9.53 Å². The lowest BCUT2D eigenvalue weighted by Gasteiger charge is -2.25. The Hall–Kier alpha value is -0.870. The normalized spacial score (nSPS) is 17.4. The number of ketones is 1. The summed E-state index contributed by atoms with van der Waals surface area (Å²) in [5.74, 6) is 1.04. The van der Waals surface area contributed by atoms with Crippen LogP contribution in [-0.4, -0.2) is 19.4 Å². The van der Waals surface area contributed by atoms with Gasteiger partial charge in [0.15, 0.2) is 0 Å². The van der Waals surface area contributed by atoms with Crippen molar-refractivity contribution in [1.29, 1.82) is 0 Å². The highest BCUT2D eigenvalue weighted by Crippen LogP contribution is 2.39. The summed E-state index contributed by atoms with van der Waals surface area (Å²) in [6.45, 7) is 0.466. The molecule has 0 aromatic heterocycles. The van der Waals surface area contributed by atoms with Crippen molar-refractivity contribution in [3.63, 3.8) is 0 Å². The van der Waals surface area contributed by atoms with Crippen LogP contribution in [0.2, 0.25) is 0 Å². The number of hydrogen-bond acceptors (Lipinski definition) is 3. The summed E-state index contributed by atoms with van der Waals surface area (Å²) in [6, 6.07) is 5.72. The Kier molecular flexibility index (Phi) is 4.63. The fraction of sp³-hybridized carbons (Fsp3) is 0.533. The van der Waals surface area contributed by atoms with E-state index in [2.05, 4.69) is 15.9 Å². The van der Waals surface area contributed by atoms with Gasteiger partial charge in [0.2, 0.25) is 0 Å². The van der Waals surface area contributed by atoms with E-state index in [1.807, 2.05) is 18.2 Å². The molecular formula is C15H20BrNO2. The number of hydrogen-bond donors (Lipinski definition) is 1. The average molecular weight is 326 g/mol. The summed E-state index contributed by atoms with van der Waals surface area (Å²) < 4.78 is 6.16. The van der Waals surface area contributed by atoms with Crippen LogP contribution >= 0.6 is 15.9 Å². The van der Waals surface area contributed by atoms with Crippen molar-refractivity contribution in [3.05, 3.63) is 28.2 Å². The lowest BCUT2D eigenvalue weighted by atomic mass is 9.79. The monoisotopic (exact) mass is 325 g/mol. The molecule has 0 bridgehead atoms. The highest BCUT2D eigenvalue weighted by Gasteiger charge is 2.39. The third-order valence-electron chi connectivity index (χ3n) is 4.15. The number of ether oxygens (including phenoxy) is 1. The third-order valence-corrected chi connectivity index (χ3v) is 4.92. The number of halogens is 1. The molecule has 1 fully saturated rings. The van der Waals surface area contributed by atoms with E-state index < -0.39 is 0 Å². The molecule has 0 amide bonds. The van der Waals surface area contributed by atoms with Crippen LogP contribution in [0.15, 0.2) is 22.7 Å². The van der Waals surface area contributed by atoms with Crippen LogP contribution < -0.4 is 10.5 Å². The minimum Gasteiger partial charge on any atom is -0.497 e. The fourth-order valence-corrected chi connectivity index (χ4v) is 3.21. The van der Waals surface area contributed by atoms with Crippen LogP contribution in [0.3, 0.4) is 0 Å². The largest absolute Gasteiger partial charge is 0.497 e. The highest BCUT2D eigenvalue weighted by atomic mass is 79.9. The van der Waals surface area contributed by atoms with Gasteiger partial charge in [0, 0.05) is 22.9 Å². The standard InChI is InChI=1S/C15H20BrNO2/c1-19-12-4-5-13(16)11(8-12)9-14(18)15(10-17)6-2-3-7-15/h4-5,8H,2-3,6-7,9-10,17H2,1H3. The van der Waals surface area contributed by atoms with Crippen LogP contribution in [0.1, 0.15) is 31.2 Å². The number of carbonyl (C=O) groups is 1. The lowest BCUT2D eigenvalue weighted by Crippen LogP contribution is -2.37. The topological polar surface area (TPSA) is 52.3 Å². The van der Waals surface area contributed by atoms with Gasteiger partial charge in [-0.3, -0.25) is 4.79 Å². The van der Waals surface area contributed by atoms with Crippen LogP contribution in [0, 0.1) is 5.41 Å². The lowest BCUT2D eigenvalue weighted by molar-refractivity contribution is -0.127. The van der Waals surface area contributed by atoms with Gasteiger partial charge < -0.3 is 10.5 Å². The Labute approximate surface area is 122 Å². The molecule has 2 rings (SSSR count). The molecular weight excluding hydrogens is 306 g/mol. The maximum Gasteiger partial charge on any atom is 0.144 e. The maximum absolute atomic E-state index is 12.6. The van der Waals surface area contributed by atoms with Crippen molar-refractivity contribution in [1.82, 2.24) is 0 Å². The number of benzene rings is 1. The van der Waals surface area contributed by atoms with E-state index in [0.717, 1.165) is 41.5 Å². The summed E-state index contributed by atoms with van der Waals surface area (Å²) in [4.78, 5) is 12.6. The SMILES string of the molecule is COc1ccc(Br)c(CC(=O)C2(CN)CCCC2)c1. The molecule has 0 saturated heterocycles. The third kappa shape index (κ3) is 3.00. The number of rotatable bonds is 5. The van der Waals surface area contributed by atoms with E-state index in [4.69, 9.17) is 10.5 Å². The van der Waals surface area contributed by atoms with Crippen LogP contribution in [-0.2, 0) is 11.2 Å². The van der Waals surface area contributed by atoms with Crippen molar-refractivity contribution in [3.8, 4) is 5.75 Å². The summed E-state index contributed by atoms with van der Waals surface area (Å²) >= 11 is 3.50. The Morgan fingerprint density at radius 3 is 2.68 bits per heavy atom. The Morgan fingerprint density at radius 1 is 1.42 bits per heavy atom. The summed E-state index contributed by atoms with van der Waals surface area (Å²) in [6.07, 6.45) is 4.52. The molecule has 0 spiro atoms. The molecule has 0 atom stereocenters. The van der Waals surface area contributed by atoms with Crippen molar-refractivity contribution >= 4 is 21.7 Å². The average Bonchev–Trinajstić information content (AvgIpc) is 2.91. The molecule has 1 aromatic rings. The summed E-state index contributed by atoms with van der Waals surface area (Å²) in [7, 11) is 1.63. The van der Waals surface area contributed by atoms with Crippen molar-refractivity contribution in [2.24, 2.45) is 11.1 Å². The van der Waals surface area contributed by atoms with Gasteiger partial charge in [-0.15, -0.1) is 0 Å². The van der Waals surface area contributed by atoms with E-state index >= 15 is 0 Å². The molecule has 0 radical (unpaired) electrons. The van der Waals surface area contributed by atoms with E-state index in [0.29, 0.717) is 13.0 Å². The van der Waals surface area contributed by atoms with Gasteiger partial charge in [0.25, 0.3) is 0 Å². The van der Waals surface area contributed by atoms with E-state index in [-0.39, 0.29) is 11.2 Å². The Balaban J connectivity index is 2.18. The summed E-state index contributed by atoms with van der Waals surface area (Å²) in [5.41, 5.74) is 6.55. The van der Waals surface area contributed by atoms with Crippen LogP contribution in [0.4, 0.5) is 0 Å². The molecule has 4 heteroatoms. The second kappa shape index (κ2) is 6.06. The molecule has 3 nitrogen and oxygen atoms in total. The maximum atomic E-state index is 12.6. The smallest absolute Gasteiger partial charge is 0.144 e. The first-order valence-electron chi connectivity index (χ1n) is 6.67. The number of methoxy groups -OCH3 is 1. The molecule has 2 N–H and O–H groups in total. The Bertz CT molecular complexity index is 467. The van der Waals surface area contributed by atoms with Crippen molar-refractivity contribution in [2.75, 3.05) is 13.7 Å². The fourth-order valence-electron chi connectivity index (χ4n) is 2.82. The second-order valence-corrected chi connectivity index (χ2v) is 6.10.